The maximum atomic E-state index is 12.8. The Labute approximate surface area is 140 Å². The van der Waals surface area contributed by atoms with E-state index in [1.54, 1.807) is 0 Å². The Morgan fingerprint density at radius 3 is 2.43 bits per heavy atom. The number of aromatic carboxylic acids is 1. The van der Waals surface area contributed by atoms with Gasteiger partial charge < -0.3 is 5.11 Å². The first-order valence-electron chi connectivity index (χ1n) is 6.25. The molecular formula is C14H12ClNO5S2. The van der Waals surface area contributed by atoms with Gasteiger partial charge in [0.2, 0.25) is 10.0 Å². The van der Waals surface area contributed by atoms with Gasteiger partial charge in [-0.05, 0) is 37.4 Å². The Balaban J connectivity index is 2.69. The summed E-state index contributed by atoms with van der Waals surface area (Å²) in [5, 5.41) is 9.35. The Kier molecular flexibility index (Phi) is 5.20. The molecule has 23 heavy (non-hydrogen) atoms. The van der Waals surface area contributed by atoms with Crippen molar-refractivity contribution in [2.75, 3.05) is 7.05 Å². The first-order valence-corrected chi connectivity index (χ1v) is 9.26. The van der Waals surface area contributed by atoms with E-state index < -0.39 is 26.8 Å². The summed E-state index contributed by atoms with van der Waals surface area (Å²) in [4.78, 5) is 11.0. The highest BCUT2D eigenvalue weighted by Gasteiger charge is 2.24. The minimum Gasteiger partial charge on any atom is -0.478 e. The highest BCUT2D eigenvalue weighted by Crippen LogP contribution is 2.28. The predicted octanol–water partition coefficient (Wildman–Crippen LogP) is 2.11. The van der Waals surface area contributed by atoms with Crippen molar-refractivity contribution in [3.63, 3.8) is 0 Å². The molecule has 2 rings (SSSR count). The molecule has 0 radical (unpaired) electrons. The van der Waals surface area contributed by atoms with E-state index in [0.29, 0.717) is 0 Å². The molecule has 2 aromatic carbocycles. The quantitative estimate of drug-likeness (QED) is 0.836. The number of rotatable bonds is 5. The molecule has 0 heterocycles. The molecule has 9 heteroatoms. The topological polar surface area (TPSA) is 101 Å². The highest BCUT2D eigenvalue weighted by molar-refractivity contribution is 7.91. The largest absolute Gasteiger partial charge is 0.478 e. The molecule has 2 aromatic rings. The number of benzene rings is 2. The fourth-order valence-electron chi connectivity index (χ4n) is 1.88. The summed E-state index contributed by atoms with van der Waals surface area (Å²) in [7, 11) is -4.70. The normalized spacial score (nSPS) is 12.8. The minimum absolute atomic E-state index is 0.00914. The minimum atomic E-state index is -3.91. The van der Waals surface area contributed by atoms with Crippen LogP contribution in [0.2, 0.25) is 5.02 Å². The van der Waals surface area contributed by atoms with Gasteiger partial charge in [0.25, 0.3) is 0 Å². The van der Waals surface area contributed by atoms with Crippen LogP contribution in [0.4, 0.5) is 0 Å². The summed E-state index contributed by atoms with van der Waals surface area (Å²) in [5.74, 6) is -1.25. The molecule has 0 fully saturated rings. The second-order valence-corrected chi connectivity index (χ2v) is 8.08. The van der Waals surface area contributed by atoms with Gasteiger partial charge in [0.15, 0.2) is 0 Å². The number of hydrogen-bond acceptors (Lipinski definition) is 4. The average molecular weight is 374 g/mol. The summed E-state index contributed by atoms with van der Waals surface area (Å²) >= 11 is 5.83. The van der Waals surface area contributed by atoms with Gasteiger partial charge in [0, 0.05) is 5.02 Å². The van der Waals surface area contributed by atoms with Crippen LogP contribution in [0.1, 0.15) is 10.4 Å². The molecule has 2 N–H and O–H groups in total. The van der Waals surface area contributed by atoms with Gasteiger partial charge in [-0.1, -0.05) is 23.7 Å². The van der Waals surface area contributed by atoms with Crippen LogP contribution in [0, 0.1) is 0 Å². The van der Waals surface area contributed by atoms with Gasteiger partial charge >= 0.3 is 5.97 Å². The molecule has 0 aliphatic carbocycles. The molecule has 0 saturated heterocycles. The van der Waals surface area contributed by atoms with Crippen LogP contribution in [-0.2, 0) is 20.8 Å². The zero-order valence-corrected chi connectivity index (χ0v) is 14.2. The number of carboxylic acid groups (broad SMARTS) is 1. The smallest absolute Gasteiger partial charge is 0.336 e. The maximum Gasteiger partial charge on any atom is 0.336 e. The lowest BCUT2D eigenvalue weighted by Crippen LogP contribution is -2.20. The van der Waals surface area contributed by atoms with Crippen LogP contribution >= 0.6 is 11.6 Å². The molecule has 0 spiro atoms. The van der Waals surface area contributed by atoms with E-state index in [4.69, 9.17) is 11.6 Å². The number of hydrogen-bond donors (Lipinski definition) is 2. The number of carboxylic acids is 1. The van der Waals surface area contributed by atoms with Gasteiger partial charge in [-0.15, -0.1) is 0 Å². The first-order chi connectivity index (χ1) is 10.8. The van der Waals surface area contributed by atoms with Crippen molar-refractivity contribution in [3.05, 3.63) is 53.1 Å². The van der Waals surface area contributed by atoms with Crippen molar-refractivity contribution >= 4 is 38.4 Å². The molecule has 122 valence electrons. The van der Waals surface area contributed by atoms with Gasteiger partial charge in [0.1, 0.15) is 0 Å². The van der Waals surface area contributed by atoms with E-state index in [9.17, 15) is 22.5 Å². The van der Waals surface area contributed by atoms with Crippen LogP contribution in [0.5, 0.6) is 0 Å². The average Bonchev–Trinajstić information content (AvgIpc) is 2.54. The monoisotopic (exact) mass is 373 g/mol. The molecule has 0 aromatic heterocycles. The Hall–Kier alpha value is -1.74. The second kappa shape index (κ2) is 6.79. The summed E-state index contributed by atoms with van der Waals surface area (Å²) in [6, 6.07) is 9.58. The number of sulfonamides is 1. The molecular weight excluding hydrogens is 362 g/mol. The van der Waals surface area contributed by atoms with Crippen molar-refractivity contribution in [2.24, 2.45) is 0 Å². The molecule has 1 atom stereocenters. The van der Waals surface area contributed by atoms with Gasteiger partial charge in [0.05, 0.1) is 31.0 Å². The van der Waals surface area contributed by atoms with Crippen LogP contribution in [0.25, 0.3) is 0 Å². The standard InChI is InChI=1S/C14H12ClNO5S2/c1-16-23(20,21)13-8-9(15)6-7-12(13)22(19)11-5-3-2-4-10(11)14(17)18/h2-8,16H,1H3,(H,17,18). The van der Waals surface area contributed by atoms with Crippen molar-refractivity contribution in [2.45, 2.75) is 14.7 Å². The Bertz CT molecular complexity index is 896. The first kappa shape index (κ1) is 17.6. The molecule has 0 aliphatic rings. The maximum absolute atomic E-state index is 12.8. The fraction of sp³-hybridized carbons (Fsp3) is 0.0714. The lowest BCUT2D eigenvalue weighted by Gasteiger charge is -2.11. The molecule has 0 amide bonds. The molecule has 1 unspecified atom stereocenters. The highest BCUT2D eigenvalue weighted by atomic mass is 35.5. The van der Waals surface area contributed by atoms with Crippen LogP contribution < -0.4 is 4.72 Å². The van der Waals surface area contributed by atoms with Crippen molar-refractivity contribution in [3.8, 4) is 0 Å². The van der Waals surface area contributed by atoms with E-state index in [1.165, 1.54) is 49.5 Å². The zero-order chi connectivity index (χ0) is 17.2. The predicted molar refractivity (Wildman–Crippen MR) is 85.8 cm³/mol. The SMILES string of the molecule is CNS(=O)(=O)c1cc(Cl)ccc1S(=O)c1ccccc1C(=O)O. The fourth-order valence-corrected chi connectivity index (χ4v) is 4.73. The summed E-state index contributed by atoms with van der Waals surface area (Å²) < 4.78 is 39.1. The van der Waals surface area contributed by atoms with E-state index in [-0.39, 0.29) is 25.3 Å². The Morgan fingerprint density at radius 2 is 1.83 bits per heavy atom. The van der Waals surface area contributed by atoms with E-state index >= 15 is 0 Å². The third-order valence-corrected chi connectivity index (χ3v) is 6.31. The summed E-state index contributed by atoms with van der Waals surface area (Å²) in [5.41, 5.74) is -0.159. The molecule has 0 aliphatic heterocycles. The van der Waals surface area contributed by atoms with Crippen molar-refractivity contribution < 1.29 is 22.5 Å². The van der Waals surface area contributed by atoms with Crippen molar-refractivity contribution in [1.29, 1.82) is 0 Å². The third-order valence-electron chi connectivity index (χ3n) is 2.98. The summed E-state index contributed by atoms with van der Waals surface area (Å²) in [6.07, 6.45) is 0. The lowest BCUT2D eigenvalue weighted by molar-refractivity contribution is 0.0693. The van der Waals surface area contributed by atoms with Crippen molar-refractivity contribution in [1.82, 2.24) is 4.72 Å². The number of nitrogens with one attached hydrogen (secondary N) is 1. The number of halogens is 1. The van der Waals surface area contributed by atoms with Gasteiger partial charge in [-0.25, -0.2) is 22.1 Å². The van der Waals surface area contributed by atoms with Crippen LogP contribution in [0.3, 0.4) is 0 Å². The van der Waals surface area contributed by atoms with Crippen LogP contribution in [0.15, 0.2) is 57.2 Å². The van der Waals surface area contributed by atoms with E-state index in [0.717, 1.165) is 0 Å². The van der Waals surface area contributed by atoms with E-state index in [2.05, 4.69) is 4.72 Å². The molecule has 6 nitrogen and oxygen atoms in total. The van der Waals surface area contributed by atoms with E-state index in [1.807, 2.05) is 0 Å². The lowest BCUT2D eigenvalue weighted by atomic mass is 10.2. The third kappa shape index (κ3) is 3.61. The zero-order valence-electron chi connectivity index (χ0n) is 11.8. The molecule has 0 saturated carbocycles. The summed E-state index contributed by atoms with van der Waals surface area (Å²) in [6.45, 7) is 0. The second-order valence-electron chi connectivity index (χ2n) is 4.37. The van der Waals surface area contributed by atoms with Gasteiger partial charge in [-0.3, -0.25) is 0 Å². The number of carbonyl (C=O) groups is 1. The molecule has 0 bridgehead atoms. The van der Waals surface area contributed by atoms with Crippen LogP contribution in [-0.4, -0.2) is 30.8 Å². The Morgan fingerprint density at radius 1 is 1.17 bits per heavy atom. The van der Waals surface area contributed by atoms with Gasteiger partial charge in [-0.2, -0.15) is 0 Å².